The molecule has 0 spiro atoms. The summed E-state index contributed by atoms with van der Waals surface area (Å²) in [6.45, 7) is 0. The molecule has 0 saturated heterocycles. The van der Waals surface area contributed by atoms with Crippen molar-refractivity contribution in [3.05, 3.63) is 188 Å². The molecule has 6 heteroatoms. The van der Waals surface area contributed by atoms with Gasteiger partial charge in [-0.1, -0.05) is 133 Å². The van der Waals surface area contributed by atoms with Crippen molar-refractivity contribution in [1.82, 2.24) is 24.1 Å². The highest BCUT2D eigenvalue weighted by atomic mass is 16.3. The van der Waals surface area contributed by atoms with Gasteiger partial charge in [0, 0.05) is 60.4 Å². The summed E-state index contributed by atoms with van der Waals surface area (Å²) in [5.41, 5.74) is 11.2. The zero-order chi connectivity index (χ0) is 37.5. The molecular weight excluding hydrogens is 699 g/mol. The van der Waals surface area contributed by atoms with E-state index in [1.807, 2.05) is 72.8 Å². The van der Waals surface area contributed by atoms with Crippen LogP contribution in [0.5, 0.6) is 0 Å². The highest BCUT2D eigenvalue weighted by Crippen LogP contribution is 2.43. The van der Waals surface area contributed by atoms with E-state index in [1.54, 1.807) is 0 Å². The highest BCUT2D eigenvalue weighted by molar-refractivity contribution is 6.26. The van der Waals surface area contributed by atoms with Gasteiger partial charge in [0.25, 0.3) is 0 Å². The second-order valence-electron chi connectivity index (χ2n) is 14.4. The summed E-state index contributed by atoms with van der Waals surface area (Å²) >= 11 is 0. The lowest BCUT2D eigenvalue weighted by atomic mass is 10.1. The van der Waals surface area contributed by atoms with Gasteiger partial charge in [-0.05, 0) is 54.6 Å². The van der Waals surface area contributed by atoms with Crippen LogP contribution in [0.3, 0.4) is 0 Å². The summed E-state index contributed by atoms with van der Waals surface area (Å²) < 4.78 is 11.0. The van der Waals surface area contributed by atoms with E-state index in [-0.39, 0.29) is 0 Å². The molecule has 0 bridgehead atoms. The van der Waals surface area contributed by atoms with Crippen molar-refractivity contribution in [3.63, 3.8) is 0 Å². The van der Waals surface area contributed by atoms with Crippen LogP contribution in [0.1, 0.15) is 0 Å². The second-order valence-corrected chi connectivity index (χ2v) is 14.4. The Morgan fingerprint density at radius 2 is 0.895 bits per heavy atom. The van der Waals surface area contributed by atoms with Crippen LogP contribution in [0.4, 0.5) is 0 Å². The normalized spacial score (nSPS) is 11.9. The molecule has 0 aliphatic carbocycles. The van der Waals surface area contributed by atoms with Crippen molar-refractivity contribution in [1.29, 1.82) is 0 Å². The van der Waals surface area contributed by atoms with Crippen LogP contribution in [-0.2, 0) is 0 Å². The molecule has 12 rings (SSSR count). The Bertz CT molecular complexity index is 3470. The van der Waals surface area contributed by atoms with E-state index in [0.29, 0.717) is 17.5 Å². The van der Waals surface area contributed by atoms with E-state index in [1.165, 1.54) is 21.5 Å². The predicted octanol–water partition coefficient (Wildman–Crippen LogP) is 13.0. The van der Waals surface area contributed by atoms with Crippen molar-refractivity contribution in [2.75, 3.05) is 0 Å². The molecule has 4 aromatic heterocycles. The van der Waals surface area contributed by atoms with Crippen LogP contribution in [0, 0.1) is 0 Å². The van der Waals surface area contributed by atoms with Crippen LogP contribution in [0.2, 0.25) is 0 Å². The van der Waals surface area contributed by atoms with Crippen LogP contribution in [0.15, 0.2) is 192 Å². The SMILES string of the molecule is c1ccc(-c2nc(-c3ccccc3)nc(-c3cccc(-n4c5ccccc5c5ccc6c(c7ccccc7n6-c6ccc7oc8ccccc8c7c6)c54)c3)n2)cc1. The number of rotatable bonds is 5. The fraction of sp³-hybridized carbons (Fsp3) is 0. The maximum Gasteiger partial charge on any atom is 0.164 e. The first-order valence-electron chi connectivity index (χ1n) is 19.1. The van der Waals surface area contributed by atoms with Crippen molar-refractivity contribution < 1.29 is 4.42 Å². The average molecular weight is 730 g/mol. The number of hydrogen-bond acceptors (Lipinski definition) is 4. The minimum atomic E-state index is 0.620. The lowest BCUT2D eigenvalue weighted by molar-refractivity contribution is 0.669. The molecule has 0 saturated carbocycles. The first-order chi connectivity index (χ1) is 28.3. The lowest BCUT2D eigenvalue weighted by Crippen LogP contribution is -2.01. The topological polar surface area (TPSA) is 61.7 Å². The zero-order valence-corrected chi connectivity index (χ0v) is 30.5. The van der Waals surface area contributed by atoms with Gasteiger partial charge in [-0.15, -0.1) is 0 Å². The van der Waals surface area contributed by atoms with Gasteiger partial charge >= 0.3 is 0 Å². The fourth-order valence-corrected chi connectivity index (χ4v) is 8.63. The molecule has 4 heterocycles. The molecule has 57 heavy (non-hydrogen) atoms. The minimum Gasteiger partial charge on any atom is -0.456 e. The number of hydrogen-bond donors (Lipinski definition) is 0. The average Bonchev–Trinajstić information content (AvgIpc) is 3.94. The van der Waals surface area contributed by atoms with Crippen LogP contribution < -0.4 is 0 Å². The summed E-state index contributed by atoms with van der Waals surface area (Å²) in [7, 11) is 0. The second kappa shape index (κ2) is 12.3. The molecule has 6 nitrogen and oxygen atoms in total. The molecule has 0 unspecified atom stereocenters. The molecule has 8 aromatic carbocycles. The van der Waals surface area contributed by atoms with E-state index in [2.05, 4.69) is 124 Å². The lowest BCUT2D eigenvalue weighted by Gasteiger charge is -2.12. The van der Waals surface area contributed by atoms with Crippen LogP contribution in [0.25, 0.3) is 111 Å². The minimum absolute atomic E-state index is 0.620. The van der Waals surface area contributed by atoms with E-state index >= 15 is 0 Å². The number of benzene rings is 8. The summed E-state index contributed by atoms with van der Waals surface area (Å²) in [5.74, 6) is 1.89. The predicted molar refractivity (Wildman–Crippen MR) is 232 cm³/mol. The van der Waals surface area contributed by atoms with E-state index in [9.17, 15) is 0 Å². The Hall–Kier alpha value is -7.83. The van der Waals surface area contributed by atoms with Crippen LogP contribution >= 0.6 is 0 Å². The molecule has 0 amide bonds. The molecule has 0 radical (unpaired) electrons. The summed E-state index contributed by atoms with van der Waals surface area (Å²) in [5, 5.41) is 6.99. The van der Waals surface area contributed by atoms with Gasteiger partial charge in [0.2, 0.25) is 0 Å². The third-order valence-electron chi connectivity index (χ3n) is 11.2. The highest BCUT2D eigenvalue weighted by Gasteiger charge is 2.22. The monoisotopic (exact) mass is 729 g/mol. The quantitative estimate of drug-likeness (QED) is 0.177. The van der Waals surface area contributed by atoms with Gasteiger partial charge in [0.05, 0.1) is 22.1 Å². The Kier molecular flexibility index (Phi) is 6.83. The smallest absolute Gasteiger partial charge is 0.164 e. The Balaban J connectivity index is 1.12. The molecule has 0 aliphatic heterocycles. The van der Waals surface area contributed by atoms with Crippen molar-refractivity contribution in [2.45, 2.75) is 0 Å². The zero-order valence-electron chi connectivity index (χ0n) is 30.5. The Morgan fingerprint density at radius 3 is 1.63 bits per heavy atom. The van der Waals surface area contributed by atoms with E-state index in [4.69, 9.17) is 19.4 Å². The molecule has 266 valence electrons. The number of nitrogens with zero attached hydrogens (tertiary/aromatic N) is 5. The van der Waals surface area contributed by atoms with Crippen molar-refractivity contribution >= 4 is 65.6 Å². The molecule has 0 N–H and O–H groups in total. The summed E-state index contributed by atoms with van der Waals surface area (Å²) in [4.78, 5) is 15.1. The van der Waals surface area contributed by atoms with Crippen LogP contribution in [-0.4, -0.2) is 24.1 Å². The molecule has 0 fully saturated rings. The first-order valence-corrected chi connectivity index (χ1v) is 19.1. The first kappa shape index (κ1) is 31.5. The molecular formula is C51H31N5O. The number of para-hydroxylation sites is 3. The fourth-order valence-electron chi connectivity index (χ4n) is 8.63. The third kappa shape index (κ3) is 4.87. The number of furan rings is 1. The number of aromatic nitrogens is 5. The molecule has 0 atom stereocenters. The Labute approximate surface area is 326 Å². The molecule has 12 aromatic rings. The molecule has 0 aliphatic rings. The van der Waals surface area contributed by atoms with Crippen molar-refractivity contribution in [2.24, 2.45) is 0 Å². The Morgan fingerprint density at radius 1 is 0.333 bits per heavy atom. The van der Waals surface area contributed by atoms with Gasteiger partial charge < -0.3 is 13.6 Å². The van der Waals surface area contributed by atoms with Gasteiger partial charge in [-0.3, -0.25) is 0 Å². The van der Waals surface area contributed by atoms with Crippen molar-refractivity contribution in [3.8, 4) is 45.5 Å². The standard InChI is InChI=1S/C51H31N5O/c1-3-14-32(15-4-1)49-52-50(33-16-5-2-6-17-33)54-51(53-49)34-18-13-19-35(30-34)56-42-23-10-7-20-37(42)39-27-28-44-47(48(39)56)40-22-8-11-24-43(40)55(44)36-26-29-46-41(31-36)38-21-9-12-25-45(38)57-46/h1-31H. The third-order valence-corrected chi connectivity index (χ3v) is 11.2. The maximum absolute atomic E-state index is 6.23. The summed E-state index contributed by atoms with van der Waals surface area (Å²) in [6.07, 6.45) is 0. The van der Waals surface area contributed by atoms with E-state index in [0.717, 1.165) is 72.1 Å². The van der Waals surface area contributed by atoms with E-state index < -0.39 is 0 Å². The maximum atomic E-state index is 6.23. The van der Waals surface area contributed by atoms with Gasteiger partial charge in [0.1, 0.15) is 11.2 Å². The number of fused-ring (bicyclic) bond motifs is 10. The summed E-state index contributed by atoms with van der Waals surface area (Å²) in [6, 6.07) is 65.6. The van der Waals surface area contributed by atoms with Gasteiger partial charge in [0.15, 0.2) is 17.5 Å². The van der Waals surface area contributed by atoms with Gasteiger partial charge in [-0.25, -0.2) is 15.0 Å². The largest absolute Gasteiger partial charge is 0.456 e. The van der Waals surface area contributed by atoms with Gasteiger partial charge in [-0.2, -0.15) is 0 Å².